The number of hydrogen-bond acceptors (Lipinski definition) is 3. The smallest absolute Gasteiger partial charge is 0.126 e. The Bertz CT molecular complexity index is 751. The minimum Gasteiger partial charge on any atom is -0.489 e. The molecule has 4 atom stereocenters. The molecule has 0 amide bonds. The Morgan fingerprint density at radius 1 is 1.36 bits per heavy atom. The number of nitrogens with one attached hydrogen (secondary N) is 1. The summed E-state index contributed by atoms with van der Waals surface area (Å²) in [5.41, 5.74) is 5.83. The summed E-state index contributed by atoms with van der Waals surface area (Å²) < 4.78 is 6.57. The maximum Gasteiger partial charge on any atom is 0.126 e. The fourth-order valence-electron chi connectivity index (χ4n) is 6.22. The van der Waals surface area contributed by atoms with Gasteiger partial charge in [0, 0.05) is 23.4 Å². The van der Waals surface area contributed by atoms with Gasteiger partial charge in [-0.25, -0.2) is 0 Å². The number of carbonyl (C=O) groups is 1. The van der Waals surface area contributed by atoms with Gasteiger partial charge in [-0.3, -0.25) is 0 Å². The highest BCUT2D eigenvalue weighted by Gasteiger charge is 2.57. The van der Waals surface area contributed by atoms with Gasteiger partial charge >= 0.3 is 0 Å². The Morgan fingerprint density at radius 3 is 2.71 bits per heavy atom. The van der Waals surface area contributed by atoms with Gasteiger partial charge in [0.2, 0.25) is 0 Å². The molecule has 28 heavy (non-hydrogen) atoms. The summed E-state index contributed by atoms with van der Waals surface area (Å²) in [5, 5.41) is 3.96. The average molecular weight is 384 g/mol. The predicted octanol–water partition coefficient (Wildman–Crippen LogP) is 5.07. The molecule has 1 aliphatic heterocycles. The van der Waals surface area contributed by atoms with Crippen molar-refractivity contribution in [3.05, 3.63) is 28.3 Å². The molecule has 4 rings (SSSR count). The number of aryl methyl sites for hydroxylation is 1. The van der Waals surface area contributed by atoms with Crippen molar-refractivity contribution in [2.45, 2.75) is 96.6 Å². The minimum atomic E-state index is 0.0167. The molecule has 1 heterocycles. The molecule has 3 heteroatoms. The SMILES string of the molecule is CC[C@@]12c3c(c(C(C)C)cc(C)c3OC1C)CC(NCC1CC1)C2CCC=O. The van der Waals surface area contributed by atoms with Gasteiger partial charge in [0.15, 0.2) is 0 Å². The van der Waals surface area contributed by atoms with E-state index in [4.69, 9.17) is 4.74 Å². The van der Waals surface area contributed by atoms with Gasteiger partial charge in [-0.05, 0) is 86.9 Å². The molecule has 0 aromatic heterocycles. The molecule has 1 fully saturated rings. The zero-order valence-electron chi connectivity index (χ0n) is 18.3. The van der Waals surface area contributed by atoms with E-state index in [1.54, 1.807) is 0 Å². The van der Waals surface area contributed by atoms with Crippen LogP contribution in [-0.4, -0.2) is 25.0 Å². The van der Waals surface area contributed by atoms with Crippen LogP contribution in [0.1, 0.15) is 88.0 Å². The zero-order valence-corrected chi connectivity index (χ0v) is 18.3. The highest BCUT2D eigenvalue weighted by Crippen LogP contribution is 2.58. The van der Waals surface area contributed by atoms with Crippen molar-refractivity contribution in [2.24, 2.45) is 11.8 Å². The van der Waals surface area contributed by atoms with Crippen LogP contribution in [0.15, 0.2) is 6.07 Å². The molecule has 0 bridgehead atoms. The lowest BCUT2D eigenvalue weighted by Crippen LogP contribution is -2.56. The third-order valence-electron chi connectivity index (χ3n) is 7.83. The second-order valence-corrected chi connectivity index (χ2v) is 9.79. The van der Waals surface area contributed by atoms with Gasteiger partial charge in [-0.2, -0.15) is 0 Å². The predicted molar refractivity (Wildman–Crippen MR) is 114 cm³/mol. The summed E-state index contributed by atoms with van der Waals surface area (Å²) in [6.45, 7) is 12.6. The van der Waals surface area contributed by atoms with E-state index in [1.165, 1.54) is 35.1 Å². The molecule has 3 unspecified atom stereocenters. The molecule has 1 aromatic rings. The number of rotatable bonds is 8. The molecule has 154 valence electrons. The van der Waals surface area contributed by atoms with Crippen molar-refractivity contribution in [3.8, 4) is 5.75 Å². The van der Waals surface area contributed by atoms with Crippen LogP contribution in [0.5, 0.6) is 5.75 Å². The topological polar surface area (TPSA) is 38.3 Å². The van der Waals surface area contributed by atoms with Gasteiger partial charge in [0.25, 0.3) is 0 Å². The van der Waals surface area contributed by atoms with Crippen molar-refractivity contribution in [2.75, 3.05) is 6.54 Å². The number of benzene rings is 1. The van der Waals surface area contributed by atoms with Crippen LogP contribution in [0, 0.1) is 18.8 Å². The molecule has 0 saturated heterocycles. The monoisotopic (exact) mass is 383 g/mol. The summed E-state index contributed by atoms with van der Waals surface area (Å²) in [5.74, 6) is 2.97. The van der Waals surface area contributed by atoms with E-state index in [0.717, 1.165) is 43.8 Å². The van der Waals surface area contributed by atoms with Crippen molar-refractivity contribution in [1.82, 2.24) is 5.32 Å². The van der Waals surface area contributed by atoms with Gasteiger partial charge in [0.05, 0.1) is 0 Å². The number of hydrogen-bond donors (Lipinski definition) is 1. The maximum atomic E-state index is 11.3. The molecule has 1 aromatic carbocycles. The minimum absolute atomic E-state index is 0.0167. The van der Waals surface area contributed by atoms with E-state index < -0.39 is 0 Å². The fraction of sp³-hybridized carbons (Fsp3) is 0.720. The van der Waals surface area contributed by atoms with Crippen LogP contribution < -0.4 is 10.1 Å². The second-order valence-electron chi connectivity index (χ2n) is 9.79. The number of ether oxygens (including phenoxy) is 1. The molecular weight excluding hydrogens is 346 g/mol. The van der Waals surface area contributed by atoms with Crippen LogP contribution in [0.3, 0.4) is 0 Å². The van der Waals surface area contributed by atoms with Crippen molar-refractivity contribution >= 4 is 6.29 Å². The summed E-state index contributed by atoms with van der Waals surface area (Å²) in [7, 11) is 0. The lowest BCUT2D eigenvalue weighted by Gasteiger charge is -2.49. The largest absolute Gasteiger partial charge is 0.489 e. The van der Waals surface area contributed by atoms with Crippen LogP contribution >= 0.6 is 0 Å². The van der Waals surface area contributed by atoms with Crippen LogP contribution in [0.4, 0.5) is 0 Å². The van der Waals surface area contributed by atoms with Crippen molar-refractivity contribution in [1.29, 1.82) is 0 Å². The first kappa shape index (κ1) is 19.9. The molecule has 1 saturated carbocycles. The van der Waals surface area contributed by atoms with E-state index in [0.29, 0.717) is 24.3 Å². The fourth-order valence-corrected chi connectivity index (χ4v) is 6.22. The van der Waals surface area contributed by atoms with Gasteiger partial charge < -0.3 is 14.8 Å². The van der Waals surface area contributed by atoms with Crippen LogP contribution in [-0.2, 0) is 16.6 Å². The van der Waals surface area contributed by atoms with Gasteiger partial charge in [-0.15, -0.1) is 0 Å². The molecule has 2 aliphatic carbocycles. The van der Waals surface area contributed by atoms with Crippen molar-refractivity contribution in [3.63, 3.8) is 0 Å². The standard InChI is InChI=1S/C25H37NO2/c1-6-25-17(5)28-24-16(4)12-19(15(2)3)20(23(24)25)13-22(21(25)8-7-11-27)26-14-18-9-10-18/h11-12,15,17-18,21-22,26H,6-10,13-14H2,1-5H3/t17?,21?,22?,25-/m1/s1. The quantitative estimate of drug-likeness (QED) is 0.637. The summed E-state index contributed by atoms with van der Waals surface area (Å²) in [6, 6.07) is 2.81. The Labute approximate surface area is 170 Å². The summed E-state index contributed by atoms with van der Waals surface area (Å²) in [4.78, 5) is 11.3. The van der Waals surface area contributed by atoms with E-state index in [-0.39, 0.29) is 11.5 Å². The average Bonchev–Trinajstić information content (AvgIpc) is 3.44. The maximum absolute atomic E-state index is 11.3. The third-order valence-corrected chi connectivity index (χ3v) is 7.83. The van der Waals surface area contributed by atoms with Crippen molar-refractivity contribution < 1.29 is 9.53 Å². The summed E-state index contributed by atoms with van der Waals surface area (Å²) >= 11 is 0. The Morgan fingerprint density at radius 2 is 2.11 bits per heavy atom. The van der Waals surface area contributed by atoms with E-state index in [1.807, 2.05) is 0 Å². The molecule has 3 aliphatic rings. The molecule has 1 N–H and O–H groups in total. The Hall–Kier alpha value is -1.35. The van der Waals surface area contributed by atoms with Gasteiger partial charge in [0.1, 0.15) is 18.1 Å². The normalized spacial score (nSPS) is 31.0. The van der Waals surface area contributed by atoms with E-state index >= 15 is 0 Å². The zero-order chi connectivity index (χ0) is 20.1. The number of aldehydes is 1. The van der Waals surface area contributed by atoms with E-state index in [2.05, 4.69) is 46.0 Å². The number of carbonyl (C=O) groups excluding carboxylic acids is 1. The molecule has 0 radical (unpaired) electrons. The first-order valence-corrected chi connectivity index (χ1v) is 11.4. The highest BCUT2D eigenvalue weighted by atomic mass is 16.5. The van der Waals surface area contributed by atoms with E-state index in [9.17, 15) is 4.79 Å². The lowest BCUT2D eigenvalue weighted by molar-refractivity contribution is -0.108. The van der Waals surface area contributed by atoms with Gasteiger partial charge in [-0.1, -0.05) is 26.8 Å². The molecule has 3 nitrogen and oxygen atoms in total. The first-order valence-electron chi connectivity index (χ1n) is 11.4. The third kappa shape index (κ3) is 3.01. The first-order chi connectivity index (χ1) is 13.4. The Balaban J connectivity index is 1.86. The van der Waals surface area contributed by atoms with Crippen LogP contribution in [0.2, 0.25) is 0 Å². The summed E-state index contributed by atoms with van der Waals surface area (Å²) in [6.07, 6.45) is 7.75. The second kappa shape index (κ2) is 7.48. The highest BCUT2D eigenvalue weighted by molar-refractivity contribution is 5.60. The van der Waals surface area contributed by atoms with Crippen LogP contribution in [0.25, 0.3) is 0 Å². The molecule has 0 spiro atoms. The lowest BCUT2D eigenvalue weighted by atomic mass is 9.56. The molecular formula is C25H37NO2. The Kier molecular flexibility index (Phi) is 5.33.